The van der Waals surface area contributed by atoms with Crippen molar-refractivity contribution in [3.05, 3.63) is 0 Å². The number of nitrogens with zero attached hydrogens (tertiary/aromatic N) is 1. The van der Waals surface area contributed by atoms with Crippen molar-refractivity contribution >= 4 is 12.1 Å². The minimum Gasteiger partial charge on any atom is -1.00 e. The number of carbonyl (C=O) groups is 2. The van der Waals surface area contributed by atoms with Crippen molar-refractivity contribution in [2.75, 3.05) is 14.1 Å². The highest BCUT2D eigenvalue weighted by molar-refractivity contribution is 5.80. The smallest absolute Gasteiger partial charge is 0.422 e. The van der Waals surface area contributed by atoms with Gasteiger partial charge in [-0.25, -0.2) is 9.59 Å². The minimum absolute atomic E-state index is 0. The second kappa shape index (κ2) is 3.38. The summed E-state index contributed by atoms with van der Waals surface area (Å²) < 4.78 is -0.611. The van der Waals surface area contributed by atoms with Gasteiger partial charge in [0.25, 0.3) is 0 Å². The van der Waals surface area contributed by atoms with E-state index in [1.807, 2.05) is 0 Å². The Morgan fingerprint density at radius 3 is 1.30 bits per heavy atom. The lowest BCUT2D eigenvalue weighted by molar-refractivity contribution is -0.719. The van der Waals surface area contributed by atoms with E-state index in [0.717, 1.165) is 0 Å². The first-order chi connectivity index (χ1) is 3.89. The highest BCUT2D eigenvalue weighted by atomic mass is 35.5. The molecule has 0 spiro atoms. The minimum atomic E-state index is -0.762. The van der Waals surface area contributed by atoms with Crippen LogP contribution in [0.4, 0.5) is 9.59 Å². The summed E-state index contributed by atoms with van der Waals surface area (Å²) in [6.07, 6.45) is 0. The van der Waals surface area contributed by atoms with Crippen molar-refractivity contribution in [3.8, 4) is 0 Å². The molecule has 0 aliphatic heterocycles. The predicted octanol–water partition coefficient (Wildman–Crippen LogP) is -3.78. The monoisotopic (exact) mass is 167 g/mol. The number of urea groups is 2. The molecule has 0 aromatic rings. The molecule has 0 aromatic carbocycles. The summed E-state index contributed by atoms with van der Waals surface area (Å²) >= 11 is 0. The summed E-state index contributed by atoms with van der Waals surface area (Å²) in [7, 11) is 2.65. The standard InChI is InChI=1S/C4H9N3O2.ClH/c1-7(2,3(5)8)4(6)9;/h1-2H3,(H3-,5,6,8,9);1H. The molecule has 4 N–H and O–H groups in total. The number of primary amides is 2. The molecule has 0 unspecified atom stereocenters. The average Bonchev–Trinajstić information content (AvgIpc) is 1.65. The summed E-state index contributed by atoms with van der Waals surface area (Å²) in [5.74, 6) is 0. The molecule has 0 atom stereocenters. The van der Waals surface area contributed by atoms with E-state index in [9.17, 15) is 9.59 Å². The number of rotatable bonds is 0. The Bertz CT molecular complexity index is 141. The molecule has 6 heteroatoms. The highest BCUT2D eigenvalue weighted by Crippen LogP contribution is 1.93. The van der Waals surface area contributed by atoms with Gasteiger partial charge in [0.1, 0.15) is 0 Å². The lowest BCUT2D eigenvalue weighted by Crippen LogP contribution is -3.00. The largest absolute Gasteiger partial charge is 1.00 e. The Balaban J connectivity index is 0. The van der Waals surface area contributed by atoms with E-state index in [1.54, 1.807) is 0 Å². The van der Waals surface area contributed by atoms with Gasteiger partial charge in [-0.15, -0.1) is 0 Å². The average molecular weight is 168 g/mol. The molecular weight excluding hydrogens is 158 g/mol. The molecule has 4 amide bonds. The van der Waals surface area contributed by atoms with Crippen LogP contribution in [0.1, 0.15) is 0 Å². The van der Waals surface area contributed by atoms with Gasteiger partial charge in [-0.1, -0.05) is 0 Å². The van der Waals surface area contributed by atoms with E-state index >= 15 is 0 Å². The zero-order chi connectivity index (χ0) is 7.65. The molecule has 5 nitrogen and oxygen atoms in total. The number of amides is 4. The second-order valence-corrected chi connectivity index (χ2v) is 2.13. The summed E-state index contributed by atoms with van der Waals surface area (Å²) in [5, 5.41) is 0. The predicted molar refractivity (Wildman–Crippen MR) is 31.3 cm³/mol. The number of quaternary nitrogens is 1. The molecule has 0 radical (unpaired) electrons. The quantitative estimate of drug-likeness (QED) is 0.363. The zero-order valence-corrected chi connectivity index (χ0v) is 6.55. The molecule has 0 aliphatic carbocycles. The van der Waals surface area contributed by atoms with Crippen LogP contribution in [0.15, 0.2) is 0 Å². The van der Waals surface area contributed by atoms with Crippen LogP contribution in [0.25, 0.3) is 0 Å². The first kappa shape index (κ1) is 11.9. The van der Waals surface area contributed by atoms with Gasteiger partial charge in [-0.2, -0.15) is 4.48 Å². The van der Waals surface area contributed by atoms with Crippen LogP contribution in [0.2, 0.25) is 0 Å². The van der Waals surface area contributed by atoms with Crippen LogP contribution in [0, 0.1) is 0 Å². The van der Waals surface area contributed by atoms with Crippen molar-refractivity contribution < 1.29 is 26.5 Å². The van der Waals surface area contributed by atoms with Gasteiger partial charge in [0.2, 0.25) is 0 Å². The number of hydrogen-bond donors (Lipinski definition) is 2. The topological polar surface area (TPSA) is 86.2 Å². The molecule has 10 heavy (non-hydrogen) atoms. The van der Waals surface area contributed by atoms with Gasteiger partial charge in [0.05, 0.1) is 14.1 Å². The van der Waals surface area contributed by atoms with Crippen LogP contribution in [-0.4, -0.2) is 30.6 Å². The van der Waals surface area contributed by atoms with Gasteiger partial charge >= 0.3 is 12.1 Å². The second-order valence-electron chi connectivity index (χ2n) is 2.13. The first-order valence-corrected chi connectivity index (χ1v) is 2.33. The van der Waals surface area contributed by atoms with Gasteiger partial charge in [0.15, 0.2) is 0 Å². The number of nitrogens with two attached hydrogens (primary N) is 2. The SMILES string of the molecule is C[N+](C)(C(N)=O)C(N)=O.[Cl-]. The first-order valence-electron chi connectivity index (χ1n) is 2.33. The van der Waals surface area contributed by atoms with Crippen molar-refractivity contribution in [1.29, 1.82) is 0 Å². The maximum atomic E-state index is 10.4. The number of carbonyl (C=O) groups excluding carboxylic acids is 2. The van der Waals surface area contributed by atoms with Gasteiger partial charge < -0.3 is 23.9 Å². The molecule has 0 rings (SSSR count). The zero-order valence-electron chi connectivity index (χ0n) is 5.80. The van der Waals surface area contributed by atoms with Crippen LogP contribution in [0.5, 0.6) is 0 Å². The fraction of sp³-hybridized carbons (Fsp3) is 0.500. The fourth-order valence-electron chi connectivity index (χ4n) is 0.109. The Morgan fingerprint density at radius 2 is 1.30 bits per heavy atom. The Kier molecular flexibility index (Phi) is 4.03. The number of hydrogen-bond acceptors (Lipinski definition) is 2. The van der Waals surface area contributed by atoms with Gasteiger partial charge in [-0.3, -0.25) is 0 Å². The van der Waals surface area contributed by atoms with E-state index in [1.165, 1.54) is 14.1 Å². The van der Waals surface area contributed by atoms with Crippen molar-refractivity contribution in [1.82, 2.24) is 0 Å². The maximum Gasteiger partial charge on any atom is 0.422 e. The fourth-order valence-corrected chi connectivity index (χ4v) is 0.109. The van der Waals surface area contributed by atoms with E-state index in [2.05, 4.69) is 0 Å². The van der Waals surface area contributed by atoms with Gasteiger partial charge in [-0.05, 0) is 0 Å². The third-order valence-corrected chi connectivity index (χ3v) is 1.10. The number of halogens is 1. The normalized spacial score (nSPS) is 9.80. The lowest BCUT2D eigenvalue weighted by Gasteiger charge is -2.17. The van der Waals surface area contributed by atoms with Crippen LogP contribution < -0.4 is 23.9 Å². The third kappa shape index (κ3) is 2.20. The van der Waals surface area contributed by atoms with E-state index in [0.29, 0.717) is 0 Å². The van der Waals surface area contributed by atoms with Crippen LogP contribution in [-0.2, 0) is 0 Å². The third-order valence-electron chi connectivity index (χ3n) is 1.10. The van der Waals surface area contributed by atoms with E-state index < -0.39 is 16.5 Å². The van der Waals surface area contributed by atoms with Crippen molar-refractivity contribution in [2.45, 2.75) is 0 Å². The molecule has 0 aliphatic rings. The summed E-state index contributed by atoms with van der Waals surface area (Å²) in [5.41, 5.74) is 9.61. The molecule has 60 valence electrons. The summed E-state index contributed by atoms with van der Waals surface area (Å²) in [6, 6.07) is -1.52. The Labute approximate surface area is 65.0 Å². The highest BCUT2D eigenvalue weighted by Gasteiger charge is 2.30. The molecule has 0 fully saturated rings. The van der Waals surface area contributed by atoms with E-state index in [-0.39, 0.29) is 12.4 Å². The molecule has 0 heterocycles. The Hall–Kier alpha value is -0.810. The summed E-state index contributed by atoms with van der Waals surface area (Å²) in [6.45, 7) is 0. The van der Waals surface area contributed by atoms with Crippen molar-refractivity contribution in [2.24, 2.45) is 11.5 Å². The van der Waals surface area contributed by atoms with Gasteiger partial charge in [0, 0.05) is 0 Å². The van der Waals surface area contributed by atoms with Crippen molar-refractivity contribution in [3.63, 3.8) is 0 Å². The van der Waals surface area contributed by atoms with E-state index in [4.69, 9.17) is 11.5 Å². The van der Waals surface area contributed by atoms with Crippen LogP contribution >= 0.6 is 0 Å². The molecule has 0 aromatic heterocycles. The molecule has 0 saturated carbocycles. The van der Waals surface area contributed by atoms with Crippen LogP contribution in [0.3, 0.4) is 0 Å². The molecular formula is C4H10ClN3O2. The molecule has 0 saturated heterocycles. The summed E-state index contributed by atoms with van der Waals surface area (Å²) in [4.78, 5) is 20.7. The number of imide groups is 1. The Morgan fingerprint density at radius 1 is 1.10 bits per heavy atom. The maximum absolute atomic E-state index is 10.4. The lowest BCUT2D eigenvalue weighted by atomic mass is 10.6. The molecule has 0 bridgehead atoms.